The van der Waals surface area contributed by atoms with Gasteiger partial charge in [-0.1, -0.05) is 186 Å². The van der Waals surface area contributed by atoms with Crippen molar-refractivity contribution in [1.29, 1.82) is 0 Å². The first-order chi connectivity index (χ1) is 26.5. The molecule has 0 aliphatic carbocycles. The Morgan fingerprint density at radius 1 is 0.352 bits per heavy atom. The second-order valence-corrected chi connectivity index (χ2v) is 15.7. The lowest BCUT2D eigenvalue weighted by molar-refractivity contribution is -0.167. The quantitative estimate of drug-likeness (QED) is 0.0267. The van der Waals surface area contributed by atoms with Crippen LogP contribution in [0.5, 0.6) is 0 Å². The molecule has 0 aromatic heterocycles. The Hall–Kier alpha value is -2.11. The molecule has 0 aliphatic heterocycles. The van der Waals surface area contributed by atoms with Crippen molar-refractivity contribution in [3.8, 4) is 0 Å². The molecule has 0 bridgehead atoms. The molecule has 0 heterocycles. The molecule has 0 aliphatic rings. The van der Waals surface area contributed by atoms with Gasteiger partial charge in [-0.2, -0.15) is 0 Å². The molecule has 1 atom stereocenters. The summed E-state index contributed by atoms with van der Waals surface area (Å²) >= 11 is 0. The van der Waals surface area contributed by atoms with Crippen LogP contribution in [-0.4, -0.2) is 37.2 Å². The number of esters is 3. The summed E-state index contributed by atoms with van der Waals surface area (Å²) in [4.78, 5) is 37.7. The predicted octanol–water partition coefficient (Wildman–Crippen LogP) is 14.8. The summed E-state index contributed by atoms with van der Waals surface area (Å²) in [6, 6.07) is 0. The van der Waals surface area contributed by atoms with Gasteiger partial charge >= 0.3 is 17.9 Å². The average molecular weight is 761 g/mol. The number of rotatable bonds is 42. The average Bonchev–Trinajstić information content (AvgIpc) is 3.17. The van der Waals surface area contributed by atoms with E-state index in [9.17, 15) is 14.4 Å². The lowest BCUT2D eigenvalue weighted by Gasteiger charge is -2.18. The fraction of sp³-hybridized carbons (Fsp3) is 0.854. The van der Waals surface area contributed by atoms with Gasteiger partial charge in [0.25, 0.3) is 0 Å². The van der Waals surface area contributed by atoms with Gasteiger partial charge in [0.1, 0.15) is 13.2 Å². The summed E-state index contributed by atoms with van der Waals surface area (Å²) in [6.45, 7) is 6.57. The summed E-state index contributed by atoms with van der Waals surface area (Å²) in [5.41, 5.74) is 0. The Bertz CT molecular complexity index is 880. The highest BCUT2D eigenvalue weighted by molar-refractivity contribution is 5.71. The molecule has 0 spiro atoms. The highest BCUT2D eigenvalue weighted by atomic mass is 16.6. The van der Waals surface area contributed by atoms with Gasteiger partial charge in [-0.3, -0.25) is 14.4 Å². The third kappa shape index (κ3) is 41.1. The van der Waals surface area contributed by atoms with Crippen LogP contribution >= 0.6 is 0 Å². The third-order valence-electron chi connectivity index (χ3n) is 10.2. The molecule has 316 valence electrons. The van der Waals surface area contributed by atoms with Crippen molar-refractivity contribution in [2.24, 2.45) is 0 Å². The molecule has 6 heteroatoms. The Morgan fingerprint density at radius 3 is 0.981 bits per heavy atom. The van der Waals surface area contributed by atoms with Crippen LogP contribution in [0.25, 0.3) is 0 Å². The lowest BCUT2D eigenvalue weighted by atomic mass is 10.1. The zero-order valence-electron chi connectivity index (χ0n) is 36.0. The zero-order chi connectivity index (χ0) is 39.4. The largest absolute Gasteiger partial charge is 0.462 e. The highest BCUT2D eigenvalue weighted by Gasteiger charge is 2.19. The van der Waals surface area contributed by atoms with Gasteiger partial charge in [0.15, 0.2) is 6.10 Å². The normalized spacial score (nSPS) is 12.1. The molecule has 1 unspecified atom stereocenters. The summed E-state index contributed by atoms with van der Waals surface area (Å²) in [6.07, 6.45) is 47.3. The van der Waals surface area contributed by atoms with Gasteiger partial charge in [0.2, 0.25) is 0 Å². The SMILES string of the molecule is CCCC/C=C\CCCCCCCC(=O)OC(COC(=O)CCCCCCC/C=C\CCCCCCCCC)COC(=O)CCCCCCCCCCC. The van der Waals surface area contributed by atoms with E-state index in [4.69, 9.17) is 14.2 Å². The second kappa shape index (κ2) is 43.6. The van der Waals surface area contributed by atoms with Crippen LogP contribution in [0.15, 0.2) is 24.3 Å². The van der Waals surface area contributed by atoms with Crippen LogP contribution in [0.4, 0.5) is 0 Å². The minimum atomic E-state index is -0.771. The molecule has 54 heavy (non-hydrogen) atoms. The van der Waals surface area contributed by atoms with Crippen molar-refractivity contribution >= 4 is 17.9 Å². The number of unbranched alkanes of at least 4 members (excludes halogenated alkanes) is 27. The van der Waals surface area contributed by atoms with Crippen molar-refractivity contribution < 1.29 is 28.6 Å². The van der Waals surface area contributed by atoms with Crippen LogP contribution in [0.2, 0.25) is 0 Å². The van der Waals surface area contributed by atoms with E-state index in [-0.39, 0.29) is 31.1 Å². The van der Waals surface area contributed by atoms with Gasteiger partial charge in [0, 0.05) is 19.3 Å². The number of ether oxygens (including phenoxy) is 3. The maximum Gasteiger partial charge on any atom is 0.306 e. The number of carbonyl (C=O) groups is 3. The number of hydrogen-bond acceptors (Lipinski definition) is 6. The number of allylic oxidation sites excluding steroid dienone is 4. The third-order valence-corrected chi connectivity index (χ3v) is 10.2. The van der Waals surface area contributed by atoms with Crippen LogP contribution < -0.4 is 0 Å². The van der Waals surface area contributed by atoms with Gasteiger partial charge in [-0.15, -0.1) is 0 Å². The van der Waals surface area contributed by atoms with Crippen molar-refractivity contribution in [2.75, 3.05) is 13.2 Å². The number of hydrogen-bond donors (Lipinski definition) is 0. The number of carbonyl (C=O) groups excluding carboxylic acids is 3. The van der Waals surface area contributed by atoms with Crippen molar-refractivity contribution in [3.05, 3.63) is 24.3 Å². The molecule has 6 nitrogen and oxygen atoms in total. The van der Waals surface area contributed by atoms with E-state index < -0.39 is 6.10 Å². The second-order valence-electron chi connectivity index (χ2n) is 15.7. The highest BCUT2D eigenvalue weighted by Crippen LogP contribution is 2.14. The maximum atomic E-state index is 12.7. The molecule has 0 saturated carbocycles. The standard InChI is InChI=1S/C48H88O6/c1-4-7-10-13-16-19-21-22-23-24-25-27-29-32-35-38-41-47(50)53-44-45(43-52-46(49)40-37-34-31-28-18-15-12-9-6-3)54-48(51)42-39-36-33-30-26-20-17-14-11-8-5-2/h14,17,23-24,45H,4-13,15-16,18-22,25-44H2,1-3H3/b17-14-,24-23-. The van der Waals surface area contributed by atoms with E-state index in [1.807, 2.05) is 0 Å². The summed E-state index contributed by atoms with van der Waals surface area (Å²) in [7, 11) is 0. The fourth-order valence-corrected chi connectivity index (χ4v) is 6.59. The molecule has 0 N–H and O–H groups in total. The van der Waals surface area contributed by atoms with Crippen molar-refractivity contribution in [1.82, 2.24) is 0 Å². The van der Waals surface area contributed by atoms with Crippen molar-refractivity contribution in [3.63, 3.8) is 0 Å². The van der Waals surface area contributed by atoms with Gasteiger partial charge in [-0.05, 0) is 64.2 Å². The van der Waals surface area contributed by atoms with Crippen LogP contribution in [0.3, 0.4) is 0 Å². The molecule has 0 saturated heterocycles. The lowest BCUT2D eigenvalue weighted by Crippen LogP contribution is -2.30. The van der Waals surface area contributed by atoms with E-state index in [2.05, 4.69) is 45.1 Å². The van der Waals surface area contributed by atoms with Crippen molar-refractivity contribution in [2.45, 2.75) is 252 Å². The summed E-state index contributed by atoms with van der Waals surface area (Å²) < 4.78 is 16.7. The zero-order valence-corrected chi connectivity index (χ0v) is 36.0. The smallest absolute Gasteiger partial charge is 0.306 e. The minimum Gasteiger partial charge on any atom is -0.462 e. The first-order valence-electron chi connectivity index (χ1n) is 23.3. The van der Waals surface area contributed by atoms with Gasteiger partial charge in [0.05, 0.1) is 0 Å². The topological polar surface area (TPSA) is 78.9 Å². The Labute approximate surface area is 334 Å². The Kier molecular flexibility index (Phi) is 41.9. The van der Waals surface area contributed by atoms with Gasteiger partial charge < -0.3 is 14.2 Å². The molecule has 0 aromatic rings. The molecular weight excluding hydrogens is 673 g/mol. The van der Waals surface area contributed by atoms with Crippen LogP contribution in [0, 0.1) is 0 Å². The Balaban J connectivity index is 4.32. The minimum absolute atomic E-state index is 0.0749. The molecular formula is C48H88O6. The van der Waals surface area contributed by atoms with E-state index in [1.54, 1.807) is 0 Å². The molecule has 0 fully saturated rings. The maximum absolute atomic E-state index is 12.7. The van der Waals surface area contributed by atoms with E-state index in [1.165, 1.54) is 128 Å². The van der Waals surface area contributed by atoms with E-state index in [0.717, 1.165) is 77.0 Å². The van der Waals surface area contributed by atoms with Crippen LogP contribution in [-0.2, 0) is 28.6 Å². The summed E-state index contributed by atoms with van der Waals surface area (Å²) in [5, 5.41) is 0. The molecule has 0 radical (unpaired) electrons. The molecule has 0 rings (SSSR count). The molecule has 0 amide bonds. The summed E-state index contributed by atoms with van der Waals surface area (Å²) in [5.74, 6) is -0.891. The van der Waals surface area contributed by atoms with Crippen LogP contribution in [0.1, 0.15) is 245 Å². The monoisotopic (exact) mass is 761 g/mol. The van der Waals surface area contributed by atoms with Gasteiger partial charge in [-0.25, -0.2) is 0 Å². The molecule has 0 aromatic carbocycles. The predicted molar refractivity (Wildman–Crippen MR) is 229 cm³/mol. The van der Waals surface area contributed by atoms with E-state index in [0.29, 0.717) is 19.3 Å². The first-order valence-corrected chi connectivity index (χ1v) is 23.3. The first kappa shape index (κ1) is 51.9. The Morgan fingerprint density at radius 2 is 0.630 bits per heavy atom. The fourth-order valence-electron chi connectivity index (χ4n) is 6.59. The van der Waals surface area contributed by atoms with E-state index >= 15 is 0 Å².